The molecule has 5 heteroatoms. The SMILES string of the molecule is Cc1cccc(NC(=O)c2snnc2C)c1. The van der Waals surface area contributed by atoms with Crippen molar-refractivity contribution in [1.29, 1.82) is 0 Å². The van der Waals surface area contributed by atoms with Crippen molar-refractivity contribution in [3.63, 3.8) is 0 Å². The van der Waals surface area contributed by atoms with Gasteiger partial charge >= 0.3 is 0 Å². The summed E-state index contributed by atoms with van der Waals surface area (Å²) in [7, 11) is 0. The fourth-order valence-corrected chi connectivity index (χ4v) is 1.90. The molecule has 0 aliphatic rings. The molecular formula is C11H11N3OS. The minimum absolute atomic E-state index is 0.155. The molecule has 16 heavy (non-hydrogen) atoms. The largest absolute Gasteiger partial charge is 0.321 e. The fourth-order valence-electron chi connectivity index (χ4n) is 1.35. The zero-order chi connectivity index (χ0) is 11.5. The second-order valence-electron chi connectivity index (χ2n) is 3.51. The molecule has 1 heterocycles. The highest BCUT2D eigenvalue weighted by Gasteiger charge is 2.12. The molecule has 1 amide bonds. The van der Waals surface area contributed by atoms with Crippen molar-refractivity contribution in [2.75, 3.05) is 5.32 Å². The summed E-state index contributed by atoms with van der Waals surface area (Å²) in [6.07, 6.45) is 0. The van der Waals surface area contributed by atoms with E-state index in [1.165, 1.54) is 0 Å². The number of nitrogens with one attached hydrogen (secondary N) is 1. The lowest BCUT2D eigenvalue weighted by Gasteiger charge is -2.04. The Labute approximate surface area is 97.5 Å². The van der Waals surface area contributed by atoms with Gasteiger partial charge in [0.2, 0.25) is 0 Å². The Morgan fingerprint density at radius 3 is 2.81 bits per heavy atom. The summed E-state index contributed by atoms with van der Waals surface area (Å²) >= 11 is 1.11. The van der Waals surface area contributed by atoms with Crippen LogP contribution in [0.5, 0.6) is 0 Å². The van der Waals surface area contributed by atoms with Crippen LogP contribution in [0, 0.1) is 13.8 Å². The molecule has 1 aromatic heterocycles. The summed E-state index contributed by atoms with van der Waals surface area (Å²) in [5, 5.41) is 6.62. The fraction of sp³-hybridized carbons (Fsp3) is 0.182. The third-order valence-corrected chi connectivity index (χ3v) is 2.96. The molecule has 0 aliphatic carbocycles. The zero-order valence-corrected chi connectivity index (χ0v) is 9.84. The van der Waals surface area contributed by atoms with E-state index in [0.717, 1.165) is 22.8 Å². The van der Waals surface area contributed by atoms with Crippen molar-refractivity contribution in [2.24, 2.45) is 0 Å². The minimum atomic E-state index is -0.155. The lowest BCUT2D eigenvalue weighted by molar-refractivity contribution is 0.103. The van der Waals surface area contributed by atoms with E-state index in [-0.39, 0.29) is 5.91 Å². The Balaban J connectivity index is 2.17. The lowest BCUT2D eigenvalue weighted by atomic mass is 10.2. The molecule has 0 radical (unpaired) electrons. The molecule has 0 atom stereocenters. The van der Waals surface area contributed by atoms with E-state index in [0.29, 0.717) is 10.6 Å². The molecular weight excluding hydrogens is 222 g/mol. The molecule has 0 fully saturated rings. The van der Waals surface area contributed by atoms with Gasteiger partial charge < -0.3 is 5.32 Å². The number of nitrogens with zero attached hydrogens (tertiary/aromatic N) is 2. The van der Waals surface area contributed by atoms with Crippen LogP contribution in [0.15, 0.2) is 24.3 Å². The Hall–Kier alpha value is -1.75. The number of benzene rings is 1. The van der Waals surface area contributed by atoms with E-state index in [1.54, 1.807) is 6.92 Å². The van der Waals surface area contributed by atoms with Crippen molar-refractivity contribution in [3.8, 4) is 0 Å². The molecule has 0 bridgehead atoms. The third kappa shape index (κ3) is 2.25. The second-order valence-corrected chi connectivity index (χ2v) is 4.27. The molecule has 0 saturated carbocycles. The molecule has 0 saturated heterocycles. The molecule has 1 aromatic carbocycles. The highest BCUT2D eigenvalue weighted by Crippen LogP contribution is 2.14. The average molecular weight is 233 g/mol. The monoisotopic (exact) mass is 233 g/mol. The topological polar surface area (TPSA) is 54.9 Å². The molecule has 0 unspecified atom stereocenters. The first-order valence-corrected chi connectivity index (χ1v) is 5.61. The van der Waals surface area contributed by atoms with E-state index in [1.807, 2.05) is 31.2 Å². The molecule has 0 spiro atoms. The number of rotatable bonds is 2. The van der Waals surface area contributed by atoms with Crippen molar-refractivity contribution >= 4 is 23.1 Å². The lowest BCUT2D eigenvalue weighted by Crippen LogP contribution is -2.11. The summed E-state index contributed by atoms with van der Waals surface area (Å²) < 4.78 is 3.73. The van der Waals surface area contributed by atoms with Crippen molar-refractivity contribution < 1.29 is 4.79 Å². The molecule has 1 N–H and O–H groups in total. The average Bonchev–Trinajstić information content (AvgIpc) is 2.64. The van der Waals surface area contributed by atoms with Crippen LogP contribution in [-0.2, 0) is 0 Å². The zero-order valence-electron chi connectivity index (χ0n) is 9.02. The van der Waals surface area contributed by atoms with Gasteiger partial charge in [0.05, 0.1) is 5.69 Å². The first-order chi connectivity index (χ1) is 7.66. The Morgan fingerprint density at radius 1 is 1.38 bits per heavy atom. The van der Waals surface area contributed by atoms with Crippen LogP contribution in [0.3, 0.4) is 0 Å². The highest BCUT2D eigenvalue weighted by molar-refractivity contribution is 7.08. The van der Waals surface area contributed by atoms with E-state index in [9.17, 15) is 4.79 Å². The number of anilines is 1. The van der Waals surface area contributed by atoms with Crippen molar-refractivity contribution in [3.05, 3.63) is 40.4 Å². The summed E-state index contributed by atoms with van der Waals surface area (Å²) in [6.45, 7) is 3.75. The number of carbonyl (C=O) groups excluding carboxylic acids is 1. The number of carbonyl (C=O) groups is 1. The van der Waals surface area contributed by atoms with E-state index in [4.69, 9.17) is 0 Å². The van der Waals surface area contributed by atoms with Gasteiger partial charge in [-0.2, -0.15) is 0 Å². The maximum atomic E-state index is 11.8. The van der Waals surface area contributed by atoms with Crippen LogP contribution in [-0.4, -0.2) is 15.5 Å². The third-order valence-electron chi connectivity index (χ3n) is 2.13. The summed E-state index contributed by atoms with van der Waals surface area (Å²) in [4.78, 5) is 12.4. The first kappa shape index (κ1) is 10.8. The number of aryl methyl sites for hydroxylation is 2. The number of aromatic nitrogens is 2. The predicted octanol–water partition coefficient (Wildman–Crippen LogP) is 2.41. The molecule has 82 valence electrons. The van der Waals surface area contributed by atoms with Crippen LogP contribution in [0.25, 0.3) is 0 Å². The van der Waals surface area contributed by atoms with Gasteiger partial charge in [-0.15, -0.1) is 5.10 Å². The van der Waals surface area contributed by atoms with Gasteiger partial charge in [0, 0.05) is 5.69 Å². The van der Waals surface area contributed by atoms with Gasteiger partial charge in [-0.3, -0.25) is 4.79 Å². The molecule has 4 nitrogen and oxygen atoms in total. The van der Waals surface area contributed by atoms with Crippen LogP contribution in [0.2, 0.25) is 0 Å². The van der Waals surface area contributed by atoms with Gasteiger partial charge in [0.25, 0.3) is 5.91 Å². The standard InChI is InChI=1S/C11H11N3OS/c1-7-4-3-5-9(6-7)12-11(15)10-8(2)13-14-16-10/h3-6H,1-2H3,(H,12,15). The summed E-state index contributed by atoms with van der Waals surface area (Å²) in [5.41, 5.74) is 2.56. The van der Waals surface area contributed by atoms with Crippen LogP contribution >= 0.6 is 11.5 Å². The molecule has 2 aromatic rings. The Kier molecular flexibility index (Phi) is 2.96. The quantitative estimate of drug-likeness (QED) is 0.866. The number of hydrogen-bond acceptors (Lipinski definition) is 4. The van der Waals surface area contributed by atoms with E-state index < -0.39 is 0 Å². The normalized spacial score (nSPS) is 10.1. The first-order valence-electron chi connectivity index (χ1n) is 4.84. The Morgan fingerprint density at radius 2 is 2.19 bits per heavy atom. The van der Waals surface area contributed by atoms with Crippen molar-refractivity contribution in [1.82, 2.24) is 9.59 Å². The second kappa shape index (κ2) is 4.40. The van der Waals surface area contributed by atoms with Gasteiger partial charge in [0.1, 0.15) is 4.88 Å². The highest BCUT2D eigenvalue weighted by atomic mass is 32.1. The Bertz CT molecular complexity index is 521. The number of amides is 1. The van der Waals surface area contributed by atoms with E-state index in [2.05, 4.69) is 14.9 Å². The van der Waals surface area contributed by atoms with Gasteiger partial charge in [-0.1, -0.05) is 16.6 Å². The summed E-state index contributed by atoms with van der Waals surface area (Å²) in [5.74, 6) is -0.155. The van der Waals surface area contributed by atoms with Crippen LogP contribution in [0.4, 0.5) is 5.69 Å². The van der Waals surface area contributed by atoms with Crippen LogP contribution < -0.4 is 5.32 Å². The summed E-state index contributed by atoms with van der Waals surface area (Å²) in [6, 6.07) is 7.66. The maximum absolute atomic E-state index is 11.8. The maximum Gasteiger partial charge on any atom is 0.269 e. The van der Waals surface area contributed by atoms with Gasteiger partial charge in [0.15, 0.2) is 0 Å². The van der Waals surface area contributed by atoms with Crippen LogP contribution in [0.1, 0.15) is 20.9 Å². The number of hydrogen-bond donors (Lipinski definition) is 1. The van der Waals surface area contributed by atoms with Gasteiger partial charge in [-0.25, -0.2) is 0 Å². The predicted molar refractivity (Wildman–Crippen MR) is 63.8 cm³/mol. The van der Waals surface area contributed by atoms with Crippen molar-refractivity contribution in [2.45, 2.75) is 13.8 Å². The smallest absolute Gasteiger partial charge is 0.269 e. The molecule has 2 rings (SSSR count). The van der Waals surface area contributed by atoms with E-state index >= 15 is 0 Å². The molecule has 0 aliphatic heterocycles. The van der Waals surface area contributed by atoms with Gasteiger partial charge in [-0.05, 0) is 43.1 Å². The minimum Gasteiger partial charge on any atom is -0.321 e.